The number of halogens is 3. The molecule has 76 valence electrons. The molecule has 14 heavy (non-hydrogen) atoms. The quantitative estimate of drug-likeness (QED) is 0.763. The van der Waals surface area contributed by atoms with E-state index in [0.29, 0.717) is 16.8 Å². The lowest BCUT2D eigenvalue weighted by Gasteiger charge is -2.05. The fourth-order valence-corrected chi connectivity index (χ4v) is 2.09. The van der Waals surface area contributed by atoms with Gasteiger partial charge in [-0.05, 0) is 23.3 Å². The van der Waals surface area contributed by atoms with E-state index in [9.17, 15) is 4.79 Å². The van der Waals surface area contributed by atoms with Crippen molar-refractivity contribution in [3.8, 4) is 0 Å². The van der Waals surface area contributed by atoms with Gasteiger partial charge in [0.15, 0.2) is 0 Å². The van der Waals surface area contributed by atoms with E-state index in [1.165, 1.54) is 0 Å². The highest BCUT2D eigenvalue weighted by atomic mass is 79.9. The Bertz CT molecular complexity index is 339. The van der Waals surface area contributed by atoms with Gasteiger partial charge in [0, 0.05) is 16.8 Å². The van der Waals surface area contributed by atoms with Gasteiger partial charge >= 0.3 is 0 Å². The minimum Gasteiger partial charge on any atom is -0.298 e. The van der Waals surface area contributed by atoms with Crippen LogP contribution < -0.4 is 0 Å². The summed E-state index contributed by atoms with van der Waals surface area (Å²) in [5.74, 6) is 0.162. The van der Waals surface area contributed by atoms with Crippen molar-refractivity contribution in [3.63, 3.8) is 0 Å². The van der Waals surface area contributed by atoms with Crippen molar-refractivity contribution in [2.45, 2.75) is 11.8 Å². The van der Waals surface area contributed by atoms with Crippen molar-refractivity contribution >= 4 is 49.2 Å². The van der Waals surface area contributed by atoms with E-state index in [4.69, 9.17) is 11.6 Å². The van der Waals surface area contributed by atoms with Gasteiger partial charge in [0.05, 0.1) is 5.33 Å². The second-order valence-corrected chi connectivity index (χ2v) is 4.45. The lowest BCUT2D eigenvalue weighted by atomic mass is 10.0. The number of hydrogen-bond acceptors (Lipinski definition) is 1. The van der Waals surface area contributed by atoms with Crippen LogP contribution in [0.15, 0.2) is 18.2 Å². The molecular formula is C10H9Br2ClO. The molecule has 0 amide bonds. The van der Waals surface area contributed by atoms with Gasteiger partial charge < -0.3 is 0 Å². The molecule has 0 spiro atoms. The third-order valence-electron chi connectivity index (χ3n) is 1.85. The number of carbonyl (C=O) groups excluding carboxylic acids is 1. The van der Waals surface area contributed by atoms with Gasteiger partial charge in [-0.3, -0.25) is 4.79 Å². The first-order valence-electron chi connectivity index (χ1n) is 4.08. The van der Waals surface area contributed by atoms with Crippen molar-refractivity contribution in [3.05, 3.63) is 34.3 Å². The molecule has 0 radical (unpaired) electrons. The van der Waals surface area contributed by atoms with Gasteiger partial charge in [-0.15, -0.1) is 0 Å². The summed E-state index contributed by atoms with van der Waals surface area (Å²) < 4.78 is 0. The Morgan fingerprint density at radius 1 is 1.29 bits per heavy atom. The summed E-state index contributed by atoms with van der Waals surface area (Å²) in [7, 11) is 0. The predicted molar refractivity (Wildman–Crippen MR) is 66.6 cm³/mol. The first-order valence-corrected chi connectivity index (χ1v) is 6.70. The van der Waals surface area contributed by atoms with Crippen LogP contribution in [-0.2, 0) is 16.5 Å². The van der Waals surface area contributed by atoms with Crippen molar-refractivity contribution in [2.24, 2.45) is 0 Å². The summed E-state index contributed by atoms with van der Waals surface area (Å²) >= 11 is 12.4. The van der Waals surface area contributed by atoms with Crippen molar-refractivity contribution in [2.75, 3.05) is 5.33 Å². The number of carbonyl (C=O) groups is 1. The van der Waals surface area contributed by atoms with Crippen LogP contribution in [0.4, 0.5) is 0 Å². The average Bonchev–Trinajstić information content (AvgIpc) is 2.18. The monoisotopic (exact) mass is 338 g/mol. The highest BCUT2D eigenvalue weighted by Gasteiger charge is 2.07. The molecule has 0 aromatic heterocycles. The smallest absolute Gasteiger partial charge is 0.147 e. The largest absolute Gasteiger partial charge is 0.298 e. The number of rotatable bonds is 4. The Morgan fingerprint density at radius 3 is 2.57 bits per heavy atom. The van der Waals surface area contributed by atoms with Crippen molar-refractivity contribution < 1.29 is 4.79 Å². The van der Waals surface area contributed by atoms with Crippen LogP contribution in [0.1, 0.15) is 11.1 Å². The van der Waals surface area contributed by atoms with Crippen LogP contribution >= 0.6 is 43.5 Å². The number of benzene rings is 1. The molecule has 0 atom stereocenters. The standard InChI is InChI=1S/C10H9Br2ClO/c11-5-7-1-2-9(13)3-8(7)4-10(14)6-12/h1-3H,4-6H2. The Labute approximate surface area is 105 Å². The molecular weight excluding hydrogens is 331 g/mol. The highest BCUT2D eigenvalue weighted by Crippen LogP contribution is 2.19. The van der Waals surface area contributed by atoms with Gasteiger partial charge in [-0.2, -0.15) is 0 Å². The molecule has 0 fully saturated rings. The maximum absolute atomic E-state index is 11.3. The van der Waals surface area contributed by atoms with E-state index >= 15 is 0 Å². The molecule has 0 N–H and O–H groups in total. The van der Waals surface area contributed by atoms with Gasteiger partial charge in [0.2, 0.25) is 0 Å². The topological polar surface area (TPSA) is 17.1 Å². The molecule has 0 aliphatic carbocycles. The molecule has 0 aliphatic rings. The predicted octanol–water partition coefficient (Wildman–Crippen LogP) is 3.74. The first-order chi connectivity index (χ1) is 6.67. The van der Waals surface area contributed by atoms with Gasteiger partial charge in [0.1, 0.15) is 5.78 Å². The van der Waals surface area contributed by atoms with Crippen LogP contribution in [0, 0.1) is 0 Å². The molecule has 0 saturated carbocycles. The number of Topliss-reactive ketones (excluding diaryl/α,β-unsaturated/α-hetero) is 1. The summed E-state index contributed by atoms with van der Waals surface area (Å²) in [5.41, 5.74) is 2.11. The van der Waals surface area contributed by atoms with Crippen LogP contribution in [0.3, 0.4) is 0 Å². The fraction of sp³-hybridized carbons (Fsp3) is 0.300. The number of hydrogen-bond donors (Lipinski definition) is 0. The molecule has 4 heteroatoms. The lowest BCUT2D eigenvalue weighted by molar-refractivity contribution is -0.115. The Balaban J connectivity index is 2.93. The number of alkyl halides is 2. The minimum absolute atomic E-state index is 0.162. The second kappa shape index (κ2) is 5.89. The third kappa shape index (κ3) is 3.37. The lowest BCUT2D eigenvalue weighted by Crippen LogP contribution is -2.05. The van der Waals surface area contributed by atoms with Crippen molar-refractivity contribution in [1.82, 2.24) is 0 Å². The first kappa shape index (κ1) is 12.2. The van der Waals surface area contributed by atoms with Gasteiger partial charge in [0.25, 0.3) is 0 Å². The van der Waals surface area contributed by atoms with Gasteiger partial charge in [-0.1, -0.05) is 49.5 Å². The molecule has 1 rings (SSSR count). The summed E-state index contributed by atoms with van der Waals surface area (Å²) in [6.45, 7) is 0. The van der Waals surface area contributed by atoms with Crippen LogP contribution in [0.5, 0.6) is 0 Å². The maximum atomic E-state index is 11.3. The average molecular weight is 340 g/mol. The fourth-order valence-electron chi connectivity index (χ4n) is 1.15. The molecule has 1 aromatic rings. The summed E-state index contributed by atoms with van der Waals surface area (Å²) in [4.78, 5) is 11.3. The van der Waals surface area contributed by atoms with E-state index in [2.05, 4.69) is 31.9 Å². The van der Waals surface area contributed by atoms with Crippen molar-refractivity contribution in [1.29, 1.82) is 0 Å². The zero-order valence-electron chi connectivity index (χ0n) is 7.40. The van der Waals surface area contributed by atoms with E-state index < -0.39 is 0 Å². The maximum Gasteiger partial charge on any atom is 0.147 e. The van der Waals surface area contributed by atoms with E-state index in [-0.39, 0.29) is 5.78 Å². The molecule has 0 unspecified atom stereocenters. The van der Waals surface area contributed by atoms with Crippen LogP contribution in [0.2, 0.25) is 5.02 Å². The Hall–Kier alpha value is 0.140. The van der Waals surface area contributed by atoms with E-state index in [0.717, 1.165) is 16.5 Å². The Morgan fingerprint density at radius 2 is 2.00 bits per heavy atom. The summed E-state index contributed by atoms with van der Waals surface area (Å²) in [6.07, 6.45) is 0.437. The van der Waals surface area contributed by atoms with Gasteiger partial charge in [-0.25, -0.2) is 0 Å². The molecule has 0 heterocycles. The molecule has 1 nitrogen and oxygen atoms in total. The summed E-state index contributed by atoms with van der Waals surface area (Å²) in [6, 6.07) is 5.62. The summed E-state index contributed by atoms with van der Waals surface area (Å²) in [5, 5.41) is 1.81. The normalized spacial score (nSPS) is 10.2. The zero-order chi connectivity index (χ0) is 10.6. The van der Waals surface area contributed by atoms with Crippen LogP contribution in [0.25, 0.3) is 0 Å². The highest BCUT2D eigenvalue weighted by molar-refractivity contribution is 9.09. The molecule has 0 bridgehead atoms. The molecule has 1 aromatic carbocycles. The Kier molecular flexibility index (Phi) is 5.13. The third-order valence-corrected chi connectivity index (χ3v) is 3.31. The van der Waals surface area contributed by atoms with E-state index in [1.54, 1.807) is 0 Å². The minimum atomic E-state index is 0.162. The molecule has 0 aliphatic heterocycles. The van der Waals surface area contributed by atoms with E-state index in [1.807, 2.05) is 18.2 Å². The SMILES string of the molecule is O=C(CBr)Cc1cc(Cl)ccc1CBr. The van der Waals surface area contributed by atoms with Crippen LogP contribution in [-0.4, -0.2) is 11.1 Å². The zero-order valence-corrected chi connectivity index (χ0v) is 11.3. The molecule has 0 saturated heterocycles. The second-order valence-electron chi connectivity index (χ2n) is 2.90. The number of ketones is 1.